The van der Waals surface area contributed by atoms with Gasteiger partial charge >= 0.3 is 0 Å². The van der Waals surface area contributed by atoms with E-state index in [-0.39, 0.29) is 23.8 Å². The SMILES string of the molecule is CC(=O)N1CCC(C(=O)Nc2ccc(NC(C)c3ccccc3)cc2)CC1. The average molecular weight is 365 g/mol. The van der Waals surface area contributed by atoms with Crippen LogP contribution < -0.4 is 10.6 Å². The first kappa shape index (κ1) is 19.0. The zero-order valence-corrected chi connectivity index (χ0v) is 15.9. The van der Waals surface area contributed by atoms with E-state index in [0.29, 0.717) is 13.1 Å². The molecule has 1 saturated heterocycles. The maximum Gasteiger partial charge on any atom is 0.227 e. The lowest BCUT2D eigenvalue weighted by Crippen LogP contribution is -2.40. The van der Waals surface area contributed by atoms with E-state index in [1.54, 1.807) is 11.8 Å². The molecule has 5 nitrogen and oxygen atoms in total. The number of piperidine rings is 1. The van der Waals surface area contributed by atoms with E-state index in [0.717, 1.165) is 24.2 Å². The Labute approximate surface area is 160 Å². The minimum Gasteiger partial charge on any atom is -0.379 e. The predicted molar refractivity (Wildman–Crippen MR) is 109 cm³/mol. The van der Waals surface area contributed by atoms with E-state index >= 15 is 0 Å². The second-order valence-corrected chi connectivity index (χ2v) is 7.12. The molecule has 1 aliphatic heterocycles. The molecule has 1 aliphatic rings. The summed E-state index contributed by atoms with van der Waals surface area (Å²) in [4.78, 5) is 25.6. The van der Waals surface area contributed by atoms with Crippen molar-refractivity contribution in [1.82, 2.24) is 4.90 Å². The zero-order valence-electron chi connectivity index (χ0n) is 15.9. The summed E-state index contributed by atoms with van der Waals surface area (Å²) in [6.45, 7) is 5.02. The summed E-state index contributed by atoms with van der Waals surface area (Å²) < 4.78 is 0. The van der Waals surface area contributed by atoms with Crippen LogP contribution in [0, 0.1) is 5.92 Å². The third kappa shape index (κ3) is 5.09. The molecule has 2 aromatic rings. The van der Waals surface area contributed by atoms with Crippen molar-refractivity contribution in [3.63, 3.8) is 0 Å². The smallest absolute Gasteiger partial charge is 0.227 e. The van der Waals surface area contributed by atoms with Gasteiger partial charge in [-0.05, 0) is 49.6 Å². The van der Waals surface area contributed by atoms with E-state index in [9.17, 15) is 9.59 Å². The Hall–Kier alpha value is -2.82. The minimum absolute atomic E-state index is 0.0310. The molecule has 0 radical (unpaired) electrons. The van der Waals surface area contributed by atoms with Gasteiger partial charge in [0.2, 0.25) is 11.8 Å². The first-order valence-electron chi connectivity index (χ1n) is 9.51. The quantitative estimate of drug-likeness (QED) is 0.840. The van der Waals surface area contributed by atoms with Gasteiger partial charge in [-0.15, -0.1) is 0 Å². The molecule has 2 amide bonds. The lowest BCUT2D eigenvalue weighted by atomic mass is 9.96. The molecule has 1 fully saturated rings. The number of carbonyl (C=O) groups excluding carboxylic acids is 2. The lowest BCUT2D eigenvalue weighted by molar-refractivity contribution is -0.132. The van der Waals surface area contributed by atoms with Gasteiger partial charge in [0.15, 0.2) is 0 Å². The highest BCUT2D eigenvalue weighted by molar-refractivity contribution is 5.92. The van der Waals surface area contributed by atoms with Gasteiger partial charge in [-0.2, -0.15) is 0 Å². The lowest BCUT2D eigenvalue weighted by Gasteiger charge is -2.30. The Morgan fingerprint density at radius 1 is 0.963 bits per heavy atom. The van der Waals surface area contributed by atoms with Crippen LogP contribution in [0.4, 0.5) is 11.4 Å². The number of likely N-dealkylation sites (tertiary alicyclic amines) is 1. The normalized spacial score (nSPS) is 15.9. The van der Waals surface area contributed by atoms with E-state index in [2.05, 4.69) is 29.7 Å². The molecule has 0 spiro atoms. The van der Waals surface area contributed by atoms with Gasteiger partial charge in [-0.3, -0.25) is 9.59 Å². The summed E-state index contributed by atoms with van der Waals surface area (Å²) >= 11 is 0. The molecule has 2 N–H and O–H groups in total. The highest BCUT2D eigenvalue weighted by Crippen LogP contribution is 2.22. The van der Waals surface area contributed by atoms with Crippen LogP contribution in [-0.4, -0.2) is 29.8 Å². The number of carbonyl (C=O) groups is 2. The van der Waals surface area contributed by atoms with Crippen LogP contribution in [0.15, 0.2) is 54.6 Å². The first-order valence-corrected chi connectivity index (χ1v) is 9.51. The van der Waals surface area contributed by atoms with Crippen LogP contribution >= 0.6 is 0 Å². The maximum absolute atomic E-state index is 12.5. The van der Waals surface area contributed by atoms with Gasteiger partial charge < -0.3 is 15.5 Å². The van der Waals surface area contributed by atoms with E-state index < -0.39 is 0 Å². The van der Waals surface area contributed by atoms with Crippen molar-refractivity contribution >= 4 is 23.2 Å². The van der Waals surface area contributed by atoms with Gasteiger partial charge in [-0.25, -0.2) is 0 Å². The Balaban J connectivity index is 1.52. The maximum atomic E-state index is 12.5. The number of anilines is 2. The number of rotatable bonds is 5. The van der Waals surface area contributed by atoms with Crippen LogP contribution in [0.5, 0.6) is 0 Å². The van der Waals surface area contributed by atoms with Crippen molar-refractivity contribution in [1.29, 1.82) is 0 Å². The molecule has 2 aromatic carbocycles. The standard InChI is InChI=1S/C22H27N3O2/c1-16(18-6-4-3-5-7-18)23-20-8-10-21(11-9-20)24-22(27)19-12-14-25(15-13-19)17(2)26/h3-11,16,19,23H,12-15H2,1-2H3,(H,24,27). The molecule has 27 heavy (non-hydrogen) atoms. The number of amides is 2. The zero-order chi connectivity index (χ0) is 19.2. The van der Waals surface area contributed by atoms with Crippen molar-refractivity contribution in [3.05, 3.63) is 60.2 Å². The van der Waals surface area contributed by atoms with Crippen molar-refractivity contribution in [3.8, 4) is 0 Å². The van der Waals surface area contributed by atoms with Gasteiger partial charge in [0.1, 0.15) is 0 Å². The highest BCUT2D eigenvalue weighted by atomic mass is 16.2. The number of nitrogens with zero attached hydrogens (tertiary/aromatic N) is 1. The molecule has 0 saturated carbocycles. The third-order valence-corrected chi connectivity index (χ3v) is 5.15. The molecular weight excluding hydrogens is 338 g/mol. The van der Waals surface area contributed by atoms with Crippen LogP contribution in [0.3, 0.4) is 0 Å². The molecule has 1 heterocycles. The minimum atomic E-state index is -0.0310. The highest BCUT2D eigenvalue weighted by Gasteiger charge is 2.25. The summed E-state index contributed by atoms with van der Waals surface area (Å²) in [5, 5.41) is 6.47. The second-order valence-electron chi connectivity index (χ2n) is 7.12. The van der Waals surface area contributed by atoms with E-state index in [1.807, 2.05) is 42.5 Å². The van der Waals surface area contributed by atoms with Crippen LogP contribution in [0.2, 0.25) is 0 Å². The predicted octanol–water partition coefficient (Wildman–Crippen LogP) is 4.06. The molecule has 142 valence electrons. The van der Waals surface area contributed by atoms with E-state index in [4.69, 9.17) is 0 Å². The van der Waals surface area contributed by atoms with Gasteiger partial charge in [0.05, 0.1) is 0 Å². The van der Waals surface area contributed by atoms with Crippen molar-refractivity contribution in [2.24, 2.45) is 5.92 Å². The Kier molecular flexibility index (Phi) is 6.12. The third-order valence-electron chi connectivity index (χ3n) is 5.15. The molecule has 1 unspecified atom stereocenters. The van der Waals surface area contributed by atoms with Crippen LogP contribution in [-0.2, 0) is 9.59 Å². The monoisotopic (exact) mass is 365 g/mol. The molecule has 3 rings (SSSR count). The number of nitrogens with one attached hydrogen (secondary N) is 2. The molecule has 0 bridgehead atoms. The number of hydrogen-bond acceptors (Lipinski definition) is 3. The Morgan fingerprint density at radius 3 is 2.15 bits per heavy atom. The number of benzene rings is 2. The van der Waals surface area contributed by atoms with E-state index in [1.165, 1.54) is 5.56 Å². The summed E-state index contributed by atoms with van der Waals surface area (Å²) in [6.07, 6.45) is 1.44. The fraction of sp³-hybridized carbons (Fsp3) is 0.364. The van der Waals surface area contributed by atoms with Crippen LogP contribution in [0.25, 0.3) is 0 Å². The van der Waals surface area contributed by atoms with Crippen molar-refractivity contribution in [2.45, 2.75) is 32.7 Å². The fourth-order valence-corrected chi connectivity index (χ4v) is 3.43. The summed E-state index contributed by atoms with van der Waals surface area (Å²) in [5.41, 5.74) is 3.04. The topological polar surface area (TPSA) is 61.4 Å². The van der Waals surface area contributed by atoms with Crippen LogP contribution in [0.1, 0.15) is 38.3 Å². The largest absolute Gasteiger partial charge is 0.379 e. The molecule has 0 aliphatic carbocycles. The Morgan fingerprint density at radius 2 is 1.56 bits per heavy atom. The number of hydrogen-bond donors (Lipinski definition) is 2. The van der Waals surface area contributed by atoms with Gasteiger partial charge in [0.25, 0.3) is 0 Å². The van der Waals surface area contributed by atoms with Crippen molar-refractivity contribution < 1.29 is 9.59 Å². The molecular formula is C22H27N3O2. The molecule has 5 heteroatoms. The summed E-state index contributed by atoms with van der Waals surface area (Å²) in [7, 11) is 0. The van der Waals surface area contributed by atoms with Crippen molar-refractivity contribution in [2.75, 3.05) is 23.7 Å². The molecule has 0 aromatic heterocycles. The second kappa shape index (κ2) is 8.71. The average Bonchev–Trinajstić information content (AvgIpc) is 2.70. The fourth-order valence-electron chi connectivity index (χ4n) is 3.43. The first-order chi connectivity index (χ1) is 13.0. The summed E-state index contributed by atoms with van der Waals surface area (Å²) in [6, 6.07) is 18.3. The molecule has 1 atom stereocenters. The van der Waals surface area contributed by atoms with Gasteiger partial charge in [0, 0.05) is 43.3 Å². The Bertz CT molecular complexity index is 766. The van der Waals surface area contributed by atoms with Gasteiger partial charge in [-0.1, -0.05) is 30.3 Å². The summed E-state index contributed by atoms with van der Waals surface area (Å²) in [5.74, 6) is 0.0924.